The SMILES string of the molecule is CC(C)c1ccccc1OCCOc1ccc(C=C(C#N)C(=O)O)cc1. The van der Waals surface area contributed by atoms with Gasteiger partial charge in [-0.3, -0.25) is 0 Å². The third-order valence-electron chi connectivity index (χ3n) is 3.69. The van der Waals surface area contributed by atoms with Gasteiger partial charge in [-0.05, 0) is 41.3 Å². The van der Waals surface area contributed by atoms with Crippen LogP contribution in [-0.2, 0) is 4.79 Å². The number of hydrogen-bond donors (Lipinski definition) is 1. The first-order valence-corrected chi connectivity index (χ1v) is 8.31. The van der Waals surface area contributed by atoms with E-state index in [4.69, 9.17) is 19.8 Å². The van der Waals surface area contributed by atoms with E-state index in [1.807, 2.05) is 18.2 Å². The first-order valence-electron chi connectivity index (χ1n) is 8.31. The highest BCUT2D eigenvalue weighted by atomic mass is 16.5. The third-order valence-corrected chi connectivity index (χ3v) is 3.69. The summed E-state index contributed by atoms with van der Waals surface area (Å²) in [6, 6.07) is 16.4. The highest BCUT2D eigenvalue weighted by molar-refractivity contribution is 5.96. The zero-order chi connectivity index (χ0) is 18.9. The molecule has 26 heavy (non-hydrogen) atoms. The van der Waals surface area contributed by atoms with Crippen LogP contribution in [0.5, 0.6) is 11.5 Å². The predicted molar refractivity (Wildman–Crippen MR) is 99.2 cm³/mol. The van der Waals surface area contributed by atoms with Crippen molar-refractivity contribution in [2.24, 2.45) is 0 Å². The van der Waals surface area contributed by atoms with Crippen molar-refractivity contribution in [1.29, 1.82) is 5.26 Å². The number of benzene rings is 2. The van der Waals surface area contributed by atoms with Gasteiger partial charge in [-0.25, -0.2) is 4.79 Å². The second-order valence-electron chi connectivity index (χ2n) is 5.93. The summed E-state index contributed by atoms with van der Waals surface area (Å²) in [5, 5.41) is 17.6. The summed E-state index contributed by atoms with van der Waals surface area (Å²) < 4.78 is 11.4. The Hall–Kier alpha value is -3.26. The first-order chi connectivity index (χ1) is 12.5. The molecule has 0 aliphatic rings. The number of carboxylic acid groups (broad SMARTS) is 1. The van der Waals surface area contributed by atoms with Crippen molar-refractivity contribution in [2.45, 2.75) is 19.8 Å². The summed E-state index contributed by atoms with van der Waals surface area (Å²) in [7, 11) is 0. The van der Waals surface area contributed by atoms with E-state index >= 15 is 0 Å². The van der Waals surface area contributed by atoms with Gasteiger partial charge in [0.2, 0.25) is 0 Å². The van der Waals surface area contributed by atoms with E-state index in [2.05, 4.69) is 19.9 Å². The van der Waals surface area contributed by atoms with Crippen LogP contribution in [0.2, 0.25) is 0 Å². The van der Waals surface area contributed by atoms with E-state index in [0.29, 0.717) is 30.4 Å². The monoisotopic (exact) mass is 351 g/mol. The average molecular weight is 351 g/mol. The summed E-state index contributed by atoms with van der Waals surface area (Å²) in [5.41, 5.74) is 1.48. The second kappa shape index (κ2) is 9.28. The van der Waals surface area contributed by atoms with Gasteiger partial charge in [0.25, 0.3) is 0 Å². The fraction of sp³-hybridized carbons (Fsp3) is 0.238. The topological polar surface area (TPSA) is 79.5 Å². The standard InChI is InChI=1S/C21H21NO4/c1-15(2)19-5-3-4-6-20(19)26-12-11-25-18-9-7-16(8-10-18)13-17(14-22)21(23)24/h3-10,13,15H,11-12H2,1-2H3,(H,23,24). The van der Waals surface area contributed by atoms with Crippen LogP contribution in [0.15, 0.2) is 54.1 Å². The van der Waals surface area contributed by atoms with Crippen LogP contribution in [0.25, 0.3) is 6.08 Å². The van der Waals surface area contributed by atoms with Gasteiger partial charge in [0.05, 0.1) is 0 Å². The minimum atomic E-state index is -1.24. The van der Waals surface area contributed by atoms with Crippen molar-refractivity contribution >= 4 is 12.0 Å². The minimum Gasteiger partial charge on any atom is -0.490 e. The lowest BCUT2D eigenvalue weighted by Gasteiger charge is -2.14. The van der Waals surface area contributed by atoms with Crippen molar-refractivity contribution in [2.75, 3.05) is 13.2 Å². The van der Waals surface area contributed by atoms with Crippen molar-refractivity contribution in [3.63, 3.8) is 0 Å². The number of rotatable bonds is 8. The zero-order valence-electron chi connectivity index (χ0n) is 14.8. The molecule has 0 saturated carbocycles. The molecule has 0 bridgehead atoms. The Balaban J connectivity index is 1.88. The quantitative estimate of drug-likeness (QED) is 0.437. The number of nitriles is 1. The molecule has 134 valence electrons. The Bertz CT molecular complexity index is 817. The van der Waals surface area contributed by atoms with E-state index in [-0.39, 0.29) is 5.57 Å². The molecule has 5 nitrogen and oxygen atoms in total. The van der Waals surface area contributed by atoms with E-state index in [1.54, 1.807) is 30.3 Å². The van der Waals surface area contributed by atoms with Gasteiger partial charge in [0.15, 0.2) is 0 Å². The fourth-order valence-corrected chi connectivity index (χ4v) is 2.37. The predicted octanol–water partition coefficient (Wildman–Crippen LogP) is 4.26. The summed E-state index contributed by atoms with van der Waals surface area (Å²) >= 11 is 0. The number of hydrogen-bond acceptors (Lipinski definition) is 4. The van der Waals surface area contributed by atoms with E-state index in [0.717, 1.165) is 11.3 Å². The van der Waals surface area contributed by atoms with Crippen LogP contribution in [0.1, 0.15) is 30.9 Å². The van der Waals surface area contributed by atoms with Crippen molar-refractivity contribution in [3.05, 3.63) is 65.2 Å². The summed E-state index contributed by atoms with van der Waals surface area (Å²) in [4.78, 5) is 10.8. The van der Waals surface area contributed by atoms with Gasteiger partial charge in [-0.1, -0.05) is 44.2 Å². The highest BCUT2D eigenvalue weighted by Crippen LogP contribution is 2.25. The number of ether oxygens (including phenoxy) is 2. The normalized spacial score (nSPS) is 11.1. The van der Waals surface area contributed by atoms with Gasteiger partial charge in [-0.2, -0.15) is 5.26 Å². The molecule has 0 spiro atoms. The van der Waals surface area contributed by atoms with Crippen LogP contribution in [0.4, 0.5) is 0 Å². The van der Waals surface area contributed by atoms with Gasteiger partial charge < -0.3 is 14.6 Å². The van der Waals surface area contributed by atoms with Gasteiger partial charge in [0.1, 0.15) is 36.4 Å². The molecule has 0 atom stereocenters. The van der Waals surface area contributed by atoms with Crippen LogP contribution in [0.3, 0.4) is 0 Å². The lowest BCUT2D eigenvalue weighted by Crippen LogP contribution is -2.10. The zero-order valence-corrected chi connectivity index (χ0v) is 14.8. The molecule has 0 aliphatic heterocycles. The molecular formula is C21H21NO4. The lowest BCUT2D eigenvalue weighted by atomic mass is 10.0. The third kappa shape index (κ3) is 5.38. The first kappa shape index (κ1) is 19.1. The maximum Gasteiger partial charge on any atom is 0.346 e. The molecule has 2 aromatic rings. The molecule has 5 heteroatoms. The molecule has 0 heterocycles. The molecule has 0 fully saturated rings. The number of aliphatic carboxylic acids is 1. The Morgan fingerprint density at radius 1 is 1.12 bits per heavy atom. The molecule has 0 unspecified atom stereocenters. The van der Waals surface area contributed by atoms with E-state index < -0.39 is 5.97 Å². The summed E-state index contributed by atoms with van der Waals surface area (Å²) in [5.74, 6) is 0.657. The van der Waals surface area contributed by atoms with Crippen molar-refractivity contribution in [3.8, 4) is 17.6 Å². The Morgan fingerprint density at radius 3 is 2.38 bits per heavy atom. The Kier molecular flexibility index (Phi) is 6.81. The average Bonchev–Trinajstić information content (AvgIpc) is 2.64. The smallest absolute Gasteiger partial charge is 0.346 e. The molecule has 0 amide bonds. The molecule has 0 radical (unpaired) electrons. The van der Waals surface area contributed by atoms with Crippen LogP contribution >= 0.6 is 0 Å². The summed E-state index contributed by atoms with van der Waals surface area (Å²) in [6.07, 6.45) is 1.32. The van der Waals surface area contributed by atoms with Gasteiger partial charge >= 0.3 is 5.97 Å². The van der Waals surface area contributed by atoms with E-state index in [9.17, 15) is 4.79 Å². The molecule has 2 aromatic carbocycles. The fourth-order valence-electron chi connectivity index (χ4n) is 2.37. The largest absolute Gasteiger partial charge is 0.490 e. The summed E-state index contributed by atoms with van der Waals surface area (Å²) in [6.45, 7) is 5.05. The molecule has 0 aliphatic carbocycles. The Morgan fingerprint density at radius 2 is 1.77 bits per heavy atom. The molecule has 1 N–H and O–H groups in total. The highest BCUT2D eigenvalue weighted by Gasteiger charge is 2.07. The maximum absolute atomic E-state index is 10.8. The number of para-hydroxylation sites is 1. The van der Waals surface area contributed by atoms with Crippen molar-refractivity contribution < 1.29 is 19.4 Å². The van der Waals surface area contributed by atoms with Crippen LogP contribution < -0.4 is 9.47 Å². The lowest BCUT2D eigenvalue weighted by molar-refractivity contribution is -0.132. The Labute approximate surface area is 153 Å². The molecule has 2 rings (SSSR count). The van der Waals surface area contributed by atoms with E-state index in [1.165, 1.54) is 6.08 Å². The molecular weight excluding hydrogens is 330 g/mol. The van der Waals surface area contributed by atoms with Crippen LogP contribution in [-0.4, -0.2) is 24.3 Å². The van der Waals surface area contributed by atoms with Gasteiger partial charge in [0, 0.05) is 0 Å². The molecule has 0 aromatic heterocycles. The van der Waals surface area contributed by atoms with Gasteiger partial charge in [-0.15, -0.1) is 0 Å². The maximum atomic E-state index is 10.8. The number of carboxylic acids is 1. The number of carbonyl (C=O) groups is 1. The van der Waals surface area contributed by atoms with Crippen molar-refractivity contribution in [1.82, 2.24) is 0 Å². The minimum absolute atomic E-state index is 0.309. The van der Waals surface area contributed by atoms with Crippen LogP contribution in [0, 0.1) is 11.3 Å². The number of nitrogens with zero attached hydrogens (tertiary/aromatic N) is 1. The second-order valence-corrected chi connectivity index (χ2v) is 5.93. The molecule has 0 saturated heterocycles.